The molecule has 0 unspecified atom stereocenters. The minimum atomic E-state index is -3.81. The van der Waals surface area contributed by atoms with Crippen LogP contribution in [-0.2, 0) is 10.0 Å². The predicted octanol–water partition coefficient (Wildman–Crippen LogP) is 3.33. The second kappa shape index (κ2) is 6.70. The number of benzene rings is 1. The van der Waals surface area contributed by atoms with E-state index in [1.54, 1.807) is 37.3 Å². The van der Waals surface area contributed by atoms with Crippen molar-refractivity contribution in [1.82, 2.24) is 8.96 Å². The number of nitrogens with zero attached hydrogens (tertiary/aromatic N) is 2. The summed E-state index contributed by atoms with van der Waals surface area (Å²) in [6, 6.07) is 11.2. The van der Waals surface area contributed by atoms with Crippen LogP contribution in [0.25, 0.3) is 0 Å². The smallest absolute Gasteiger partial charge is 0.274 e. The van der Waals surface area contributed by atoms with Crippen molar-refractivity contribution < 1.29 is 13.2 Å². The maximum atomic E-state index is 12.8. The Bertz CT molecular complexity index is 1030. The number of nitrogens with one attached hydrogen (secondary N) is 1. The van der Waals surface area contributed by atoms with Crippen molar-refractivity contribution in [3.05, 3.63) is 77.3 Å². The molecule has 0 saturated carbocycles. The van der Waals surface area contributed by atoms with Gasteiger partial charge in [-0.2, -0.15) is 0 Å². The second-order valence-corrected chi connectivity index (χ2v) is 7.49. The molecule has 0 spiro atoms. The van der Waals surface area contributed by atoms with Crippen molar-refractivity contribution in [2.75, 3.05) is 5.32 Å². The molecular formula is C17H14ClN3O3S. The van der Waals surface area contributed by atoms with Crippen LogP contribution >= 0.6 is 11.6 Å². The molecule has 0 radical (unpaired) electrons. The summed E-state index contributed by atoms with van der Waals surface area (Å²) < 4.78 is 26.6. The summed E-state index contributed by atoms with van der Waals surface area (Å²) in [7, 11) is -3.81. The number of carbonyl (C=O) groups excluding carboxylic acids is 1. The van der Waals surface area contributed by atoms with Crippen LogP contribution in [0, 0.1) is 6.92 Å². The van der Waals surface area contributed by atoms with E-state index in [4.69, 9.17) is 11.6 Å². The molecule has 0 aliphatic heterocycles. The number of hydrogen-bond acceptors (Lipinski definition) is 4. The SMILES string of the molecule is Cc1c(Cl)cccc1S(=O)(=O)n1ccc(NC(=O)c2ccccn2)c1. The third-order valence-corrected chi connectivity index (χ3v) is 5.79. The quantitative estimate of drug-likeness (QED) is 0.758. The standard InChI is InChI=1S/C17H14ClN3O3S/c1-12-14(18)5-4-7-16(12)25(23,24)21-10-8-13(11-21)20-17(22)15-6-2-3-9-19-15/h2-11H,1H3,(H,20,22). The van der Waals surface area contributed by atoms with Gasteiger partial charge in [-0.25, -0.2) is 12.4 Å². The van der Waals surface area contributed by atoms with Crippen LogP contribution in [0.5, 0.6) is 0 Å². The molecule has 0 aliphatic rings. The van der Waals surface area contributed by atoms with Gasteiger partial charge >= 0.3 is 0 Å². The van der Waals surface area contributed by atoms with E-state index >= 15 is 0 Å². The van der Waals surface area contributed by atoms with Gasteiger partial charge in [-0.15, -0.1) is 0 Å². The van der Waals surface area contributed by atoms with Crippen LogP contribution in [0.4, 0.5) is 5.69 Å². The molecule has 0 aliphatic carbocycles. The van der Waals surface area contributed by atoms with E-state index in [1.165, 1.54) is 30.7 Å². The number of carbonyl (C=O) groups is 1. The lowest BCUT2D eigenvalue weighted by atomic mass is 10.2. The fourth-order valence-corrected chi connectivity index (χ4v) is 3.95. The van der Waals surface area contributed by atoms with Gasteiger partial charge in [-0.1, -0.05) is 23.7 Å². The van der Waals surface area contributed by atoms with Gasteiger partial charge in [-0.3, -0.25) is 9.78 Å². The van der Waals surface area contributed by atoms with Gasteiger partial charge in [0, 0.05) is 23.6 Å². The Morgan fingerprint density at radius 3 is 2.68 bits per heavy atom. The zero-order chi connectivity index (χ0) is 18.0. The maximum Gasteiger partial charge on any atom is 0.274 e. The van der Waals surface area contributed by atoms with Crippen LogP contribution in [0.2, 0.25) is 5.02 Å². The minimum absolute atomic E-state index is 0.109. The van der Waals surface area contributed by atoms with E-state index in [0.29, 0.717) is 16.3 Å². The van der Waals surface area contributed by atoms with E-state index in [2.05, 4.69) is 10.3 Å². The summed E-state index contributed by atoms with van der Waals surface area (Å²) in [5.74, 6) is -0.422. The lowest BCUT2D eigenvalue weighted by Crippen LogP contribution is -2.14. The Hall–Kier alpha value is -2.64. The van der Waals surface area contributed by atoms with Gasteiger partial charge in [0.05, 0.1) is 10.6 Å². The average Bonchev–Trinajstić information content (AvgIpc) is 3.07. The lowest BCUT2D eigenvalue weighted by molar-refractivity contribution is 0.102. The summed E-state index contributed by atoms with van der Waals surface area (Å²) in [5, 5.41) is 2.99. The maximum absolute atomic E-state index is 12.8. The first-order chi connectivity index (χ1) is 11.9. The number of amides is 1. The summed E-state index contributed by atoms with van der Waals surface area (Å²) in [6.07, 6.45) is 4.20. The highest BCUT2D eigenvalue weighted by Gasteiger charge is 2.20. The van der Waals surface area contributed by atoms with E-state index in [9.17, 15) is 13.2 Å². The highest BCUT2D eigenvalue weighted by atomic mass is 35.5. The van der Waals surface area contributed by atoms with Gasteiger partial charge in [-0.05, 0) is 42.8 Å². The fourth-order valence-electron chi connectivity index (χ4n) is 2.27. The summed E-state index contributed by atoms with van der Waals surface area (Å²) in [4.78, 5) is 16.1. The monoisotopic (exact) mass is 375 g/mol. The second-order valence-electron chi connectivity index (χ2n) is 5.27. The van der Waals surface area contributed by atoms with Crippen molar-refractivity contribution in [3.63, 3.8) is 0 Å². The van der Waals surface area contributed by atoms with E-state index in [1.807, 2.05) is 0 Å². The molecule has 128 valence electrons. The van der Waals surface area contributed by atoms with Crippen LogP contribution in [0.15, 0.2) is 66.0 Å². The van der Waals surface area contributed by atoms with Gasteiger partial charge in [0.1, 0.15) is 5.69 Å². The zero-order valence-corrected chi connectivity index (χ0v) is 14.8. The zero-order valence-electron chi connectivity index (χ0n) is 13.2. The number of rotatable bonds is 4. The Kier molecular flexibility index (Phi) is 4.61. The molecule has 0 bridgehead atoms. The Balaban J connectivity index is 1.88. The predicted molar refractivity (Wildman–Crippen MR) is 95.4 cm³/mol. The van der Waals surface area contributed by atoms with Crippen LogP contribution in [0.1, 0.15) is 16.1 Å². The summed E-state index contributed by atoms with van der Waals surface area (Å²) in [5.41, 5.74) is 1.06. The molecule has 8 heteroatoms. The Morgan fingerprint density at radius 2 is 1.96 bits per heavy atom. The molecule has 6 nitrogen and oxygen atoms in total. The molecule has 3 aromatic rings. The number of pyridine rings is 1. The first-order valence-corrected chi connectivity index (χ1v) is 9.12. The number of aromatic nitrogens is 2. The number of hydrogen-bond donors (Lipinski definition) is 1. The molecule has 3 rings (SSSR count). The van der Waals surface area contributed by atoms with Crippen molar-refractivity contribution in [2.24, 2.45) is 0 Å². The number of anilines is 1. The first kappa shape index (κ1) is 17.2. The Labute approximate surface area is 150 Å². The van der Waals surface area contributed by atoms with Crippen molar-refractivity contribution in [2.45, 2.75) is 11.8 Å². The van der Waals surface area contributed by atoms with Gasteiger partial charge in [0.2, 0.25) is 0 Å². The largest absolute Gasteiger partial charge is 0.319 e. The summed E-state index contributed by atoms with van der Waals surface area (Å²) in [6.45, 7) is 1.64. The highest BCUT2D eigenvalue weighted by molar-refractivity contribution is 7.90. The lowest BCUT2D eigenvalue weighted by Gasteiger charge is -2.09. The minimum Gasteiger partial charge on any atom is -0.319 e. The Morgan fingerprint density at radius 1 is 1.16 bits per heavy atom. The third kappa shape index (κ3) is 3.42. The van der Waals surface area contributed by atoms with Crippen molar-refractivity contribution >= 4 is 33.2 Å². The molecule has 0 fully saturated rings. The van der Waals surface area contributed by atoms with Crippen LogP contribution < -0.4 is 5.32 Å². The van der Waals surface area contributed by atoms with Crippen LogP contribution in [0.3, 0.4) is 0 Å². The average molecular weight is 376 g/mol. The third-order valence-electron chi connectivity index (χ3n) is 3.60. The molecule has 0 saturated heterocycles. The molecular weight excluding hydrogens is 362 g/mol. The first-order valence-electron chi connectivity index (χ1n) is 7.30. The van der Waals surface area contributed by atoms with Gasteiger partial charge < -0.3 is 5.32 Å². The summed E-state index contributed by atoms with van der Waals surface area (Å²) >= 11 is 6.01. The molecule has 1 aromatic carbocycles. The van der Waals surface area contributed by atoms with Gasteiger partial charge in [0.25, 0.3) is 15.9 Å². The molecule has 0 atom stereocenters. The topological polar surface area (TPSA) is 81.1 Å². The van der Waals surface area contributed by atoms with Crippen molar-refractivity contribution in [1.29, 1.82) is 0 Å². The van der Waals surface area contributed by atoms with Crippen molar-refractivity contribution in [3.8, 4) is 0 Å². The number of halogens is 1. The molecule has 25 heavy (non-hydrogen) atoms. The molecule has 2 heterocycles. The van der Waals surface area contributed by atoms with Gasteiger partial charge in [0.15, 0.2) is 0 Å². The van der Waals surface area contributed by atoms with E-state index < -0.39 is 15.9 Å². The van der Waals surface area contributed by atoms with E-state index in [0.717, 1.165) is 3.97 Å². The molecule has 1 amide bonds. The van der Waals surface area contributed by atoms with E-state index in [-0.39, 0.29) is 10.6 Å². The molecule has 1 N–H and O–H groups in total. The normalized spacial score (nSPS) is 11.3. The molecule has 2 aromatic heterocycles. The highest BCUT2D eigenvalue weighted by Crippen LogP contribution is 2.25. The fraction of sp³-hybridized carbons (Fsp3) is 0.0588. The van der Waals surface area contributed by atoms with Crippen LogP contribution in [-0.4, -0.2) is 23.3 Å².